The van der Waals surface area contributed by atoms with Crippen molar-refractivity contribution in [3.8, 4) is 0 Å². The first-order chi connectivity index (χ1) is 7.08. The third kappa shape index (κ3) is 4.42. The summed E-state index contributed by atoms with van der Waals surface area (Å²) < 4.78 is 5.30. The van der Waals surface area contributed by atoms with Crippen LogP contribution >= 0.6 is 24.0 Å². The van der Waals surface area contributed by atoms with Crippen LogP contribution in [0, 0.1) is 0 Å². The largest absolute Gasteiger partial charge is 0.385 e. The van der Waals surface area contributed by atoms with Gasteiger partial charge in [0.1, 0.15) is 5.60 Å². The smallest absolute Gasteiger partial charge is 0.188 e. The first-order valence-electron chi connectivity index (χ1n) is 5.46. The van der Waals surface area contributed by atoms with Crippen molar-refractivity contribution in [3.05, 3.63) is 0 Å². The number of aliphatic hydroxyl groups is 1. The lowest BCUT2D eigenvalue weighted by Crippen LogP contribution is -2.41. The van der Waals surface area contributed by atoms with Crippen LogP contribution in [0.25, 0.3) is 0 Å². The molecule has 1 saturated heterocycles. The molecule has 0 spiro atoms. The third-order valence-corrected chi connectivity index (χ3v) is 2.74. The molecule has 0 aliphatic carbocycles. The molecule has 0 aromatic carbocycles. The third-order valence-electron chi connectivity index (χ3n) is 2.74. The van der Waals surface area contributed by atoms with Crippen LogP contribution in [0.5, 0.6) is 0 Å². The maximum absolute atomic E-state index is 10.1. The summed E-state index contributed by atoms with van der Waals surface area (Å²) in [5.74, 6) is 0.393. The van der Waals surface area contributed by atoms with Gasteiger partial charge in [0.15, 0.2) is 5.96 Å². The average Bonchev–Trinajstić information content (AvgIpc) is 2.54. The van der Waals surface area contributed by atoms with Crippen molar-refractivity contribution in [1.29, 1.82) is 0 Å². The zero-order chi connectivity index (χ0) is 11.3. The van der Waals surface area contributed by atoms with E-state index in [-0.39, 0.29) is 30.1 Å². The second-order valence-electron chi connectivity index (χ2n) is 3.99. The Morgan fingerprint density at radius 2 is 2.38 bits per heavy atom. The molecule has 1 heterocycles. The summed E-state index contributed by atoms with van der Waals surface area (Å²) in [5.41, 5.74) is 4.78. The maximum atomic E-state index is 10.1. The summed E-state index contributed by atoms with van der Waals surface area (Å²) in [7, 11) is 0. The molecule has 0 bridgehead atoms. The molecular weight excluding hydrogens is 321 g/mol. The van der Waals surface area contributed by atoms with Crippen LogP contribution < -0.4 is 11.1 Å². The summed E-state index contributed by atoms with van der Waals surface area (Å²) in [5, 5.41) is 13.1. The molecule has 1 aliphatic heterocycles. The van der Waals surface area contributed by atoms with E-state index >= 15 is 0 Å². The van der Waals surface area contributed by atoms with Gasteiger partial charge in [0.2, 0.25) is 0 Å². The van der Waals surface area contributed by atoms with Gasteiger partial charge in [0.25, 0.3) is 0 Å². The van der Waals surface area contributed by atoms with Gasteiger partial charge in [-0.25, -0.2) is 0 Å². The molecule has 2 unspecified atom stereocenters. The fourth-order valence-corrected chi connectivity index (χ4v) is 1.51. The number of nitrogens with two attached hydrogens (primary N) is 1. The number of aliphatic imine (C=N–C) groups is 1. The van der Waals surface area contributed by atoms with E-state index in [1.165, 1.54) is 0 Å². The van der Waals surface area contributed by atoms with Gasteiger partial charge in [-0.1, -0.05) is 6.92 Å². The van der Waals surface area contributed by atoms with E-state index in [1.54, 1.807) is 0 Å². The van der Waals surface area contributed by atoms with Crippen molar-refractivity contribution < 1.29 is 9.84 Å². The number of halogens is 1. The zero-order valence-electron chi connectivity index (χ0n) is 9.90. The van der Waals surface area contributed by atoms with Crippen LogP contribution in [0.4, 0.5) is 0 Å². The van der Waals surface area contributed by atoms with Crippen molar-refractivity contribution in [2.75, 3.05) is 19.7 Å². The SMILES string of the molecule is CCCNC(N)=NCC1(O)CCOC1C.I. The minimum absolute atomic E-state index is 0. The topological polar surface area (TPSA) is 79.9 Å². The molecule has 0 aromatic rings. The molecular formula is C10H22IN3O2. The molecule has 96 valence electrons. The standard InChI is InChI=1S/C10H21N3O2.HI/c1-3-5-12-9(11)13-7-10(14)4-6-15-8(10)2;/h8,14H,3-7H2,1-2H3,(H3,11,12,13);1H. The zero-order valence-corrected chi connectivity index (χ0v) is 12.2. The Morgan fingerprint density at radius 1 is 1.69 bits per heavy atom. The first kappa shape index (κ1) is 15.9. The lowest BCUT2D eigenvalue weighted by molar-refractivity contribution is -0.0201. The summed E-state index contributed by atoms with van der Waals surface area (Å²) in [4.78, 5) is 4.12. The Morgan fingerprint density at radius 3 is 2.88 bits per heavy atom. The molecule has 0 radical (unpaired) electrons. The van der Waals surface area contributed by atoms with E-state index in [1.807, 2.05) is 6.92 Å². The Labute approximate surface area is 114 Å². The fraction of sp³-hybridized carbons (Fsp3) is 0.900. The van der Waals surface area contributed by atoms with Gasteiger partial charge in [0, 0.05) is 19.6 Å². The highest BCUT2D eigenvalue weighted by atomic mass is 127. The number of rotatable bonds is 4. The van der Waals surface area contributed by atoms with Crippen LogP contribution in [-0.4, -0.2) is 42.5 Å². The number of guanidine groups is 1. The van der Waals surface area contributed by atoms with E-state index < -0.39 is 5.60 Å². The van der Waals surface area contributed by atoms with Gasteiger partial charge < -0.3 is 20.9 Å². The van der Waals surface area contributed by atoms with Gasteiger partial charge in [-0.3, -0.25) is 4.99 Å². The fourth-order valence-electron chi connectivity index (χ4n) is 1.51. The molecule has 2 atom stereocenters. The number of nitrogens with one attached hydrogen (secondary N) is 1. The monoisotopic (exact) mass is 343 g/mol. The van der Waals surface area contributed by atoms with Crippen LogP contribution in [0.1, 0.15) is 26.7 Å². The van der Waals surface area contributed by atoms with Gasteiger partial charge in [0.05, 0.1) is 12.6 Å². The predicted molar refractivity (Wildman–Crippen MR) is 75.2 cm³/mol. The Balaban J connectivity index is 0.00000225. The first-order valence-corrected chi connectivity index (χ1v) is 5.46. The number of hydrogen-bond acceptors (Lipinski definition) is 3. The molecule has 1 aliphatic rings. The predicted octanol–water partition coefficient (Wildman–Crippen LogP) is 0.459. The van der Waals surface area contributed by atoms with Crippen molar-refractivity contribution in [2.24, 2.45) is 10.7 Å². The van der Waals surface area contributed by atoms with E-state index in [0.717, 1.165) is 13.0 Å². The number of hydrogen-bond donors (Lipinski definition) is 3. The lowest BCUT2D eigenvalue weighted by atomic mass is 9.97. The minimum Gasteiger partial charge on any atom is -0.385 e. The quantitative estimate of drug-likeness (QED) is 0.394. The minimum atomic E-state index is -0.849. The van der Waals surface area contributed by atoms with Gasteiger partial charge >= 0.3 is 0 Å². The lowest BCUT2D eigenvalue weighted by Gasteiger charge is -2.23. The molecule has 1 rings (SSSR count). The van der Waals surface area contributed by atoms with Gasteiger partial charge in [-0.15, -0.1) is 24.0 Å². The Kier molecular flexibility index (Phi) is 7.25. The molecule has 0 aromatic heterocycles. The number of ether oxygens (including phenoxy) is 1. The summed E-state index contributed by atoms with van der Waals surface area (Å²) >= 11 is 0. The van der Waals surface area contributed by atoms with E-state index in [9.17, 15) is 5.11 Å². The molecule has 16 heavy (non-hydrogen) atoms. The van der Waals surface area contributed by atoms with E-state index in [4.69, 9.17) is 10.5 Å². The molecule has 5 nitrogen and oxygen atoms in total. The van der Waals surface area contributed by atoms with Crippen molar-refractivity contribution in [3.63, 3.8) is 0 Å². The second-order valence-corrected chi connectivity index (χ2v) is 3.99. The van der Waals surface area contributed by atoms with Gasteiger partial charge in [-0.05, 0) is 13.3 Å². The normalized spacial score (nSPS) is 29.9. The average molecular weight is 343 g/mol. The van der Waals surface area contributed by atoms with Crippen LogP contribution in [0.2, 0.25) is 0 Å². The van der Waals surface area contributed by atoms with Crippen molar-refractivity contribution >= 4 is 29.9 Å². The highest BCUT2D eigenvalue weighted by molar-refractivity contribution is 14.0. The molecule has 6 heteroatoms. The van der Waals surface area contributed by atoms with E-state index in [0.29, 0.717) is 25.5 Å². The maximum Gasteiger partial charge on any atom is 0.188 e. The Bertz CT molecular complexity index is 238. The van der Waals surface area contributed by atoms with Crippen molar-refractivity contribution in [1.82, 2.24) is 5.32 Å². The van der Waals surface area contributed by atoms with Gasteiger partial charge in [-0.2, -0.15) is 0 Å². The molecule has 0 saturated carbocycles. The van der Waals surface area contributed by atoms with Crippen LogP contribution in [-0.2, 0) is 4.74 Å². The number of nitrogens with zero attached hydrogens (tertiary/aromatic N) is 1. The van der Waals surface area contributed by atoms with E-state index in [2.05, 4.69) is 17.2 Å². The highest BCUT2D eigenvalue weighted by Gasteiger charge is 2.39. The molecule has 1 fully saturated rings. The van der Waals surface area contributed by atoms with Crippen molar-refractivity contribution in [2.45, 2.75) is 38.4 Å². The highest BCUT2D eigenvalue weighted by Crippen LogP contribution is 2.25. The Hall–Kier alpha value is -0.0800. The summed E-state index contributed by atoms with van der Waals surface area (Å²) in [6, 6.07) is 0. The van der Waals surface area contributed by atoms with Crippen LogP contribution in [0.3, 0.4) is 0 Å². The molecule has 0 amide bonds. The van der Waals surface area contributed by atoms with Crippen LogP contribution in [0.15, 0.2) is 4.99 Å². The molecule has 4 N–H and O–H groups in total. The summed E-state index contributed by atoms with van der Waals surface area (Å²) in [6.45, 7) is 5.62. The summed E-state index contributed by atoms with van der Waals surface area (Å²) in [6.07, 6.45) is 1.46. The second kappa shape index (κ2) is 7.29.